The fourth-order valence-corrected chi connectivity index (χ4v) is 2.88. The van der Waals surface area contributed by atoms with E-state index in [2.05, 4.69) is 4.90 Å². The zero-order valence-electron chi connectivity index (χ0n) is 14.1. The molecule has 1 amide bonds. The van der Waals surface area contributed by atoms with Crippen molar-refractivity contribution in [3.05, 3.63) is 59.5 Å². The average molecular weight is 375 g/mol. The van der Waals surface area contributed by atoms with Gasteiger partial charge in [0.25, 0.3) is 5.91 Å². The summed E-state index contributed by atoms with van der Waals surface area (Å²) in [5.41, 5.74) is 1.04. The summed E-state index contributed by atoms with van der Waals surface area (Å²) in [4.78, 5) is 27.7. The fraction of sp³-hybridized carbons (Fsp3) is 0.263. The van der Waals surface area contributed by atoms with Crippen LogP contribution in [0.25, 0.3) is 6.08 Å². The smallest absolute Gasteiger partial charge is 0.331 e. The van der Waals surface area contributed by atoms with Crippen LogP contribution in [0.5, 0.6) is 0 Å². The predicted molar refractivity (Wildman–Crippen MR) is 98.9 cm³/mol. The van der Waals surface area contributed by atoms with E-state index in [1.165, 1.54) is 18.4 Å². The molecule has 0 aliphatic carbocycles. The number of benzene rings is 1. The second-order valence-corrected chi connectivity index (χ2v) is 6.24. The number of hydrogen-bond acceptors (Lipinski definition) is 5. The summed E-state index contributed by atoms with van der Waals surface area (Å²) in [6, 6.07) is 11.1. The van der Waals surface area contributed by atoms with Gasteiger partial charge in [-0.25, -0.2) is 4.79 Å². The molecule has 1 fully saturated rings. The highest BCUT2D eigenvalue weighted by Crippen LogP contribution is 2.20. The van der Waals surface area contributed by atoms with Gasteiger partial charge in [-0.2, -0.15) is 0 Å². The second kappa shape index (κ2) is 8.58. The first-order chi connectivity index (χ1) is 12.6. The van der Waals surface area contributed by atoms with Gasteiger partial charge in [-0.05, 0) is 36.4 Å². The number of amides is 1. The number of ether oxygens (including phenoxy) is 1. The molecule has 0 N–H and O–H groups in total. The number of piperazine rings is 1. The van der Waals surface area contributed by atoms with Gasteiger partial charge < -0.3 is 19.0 Å². The van der Waals surface area contributed by atoms with E-state index in [1.807, 2.05) is 24.3 Å². The molecule has 136 valence electrons. The summed E-state index contributed by atoms with van der Waals surface area (Å²) in [6.45, 7) is 2.30. The van der Waals surface area contributed by atoms with Crippen molar-refractivity contribution in [3.8, 4) is 0 Å². The van der Waals surface area contributed by atoms with Crippen LogP contribution in [-0.2, 0) is 14.3 Å². The Hall–Kier alpha value is -2.73. The van der Waals surface area contributed by atoms with Gasteiger partial charge in [0.1, 0.15) is 5.76 Å². The second-order valence-electron chi connectivity index (χ2n) is 5.80. The molecule has 1 saturated heterocycles. The molecular weight excluding hydrogens is 356 g/mol. The molecule has 1 aromatic carbocycles. The minimum atomic E-state index is -0.577. The van der Waals surface area contributed by atoms with Gasteiger partial charge in [-0.1, -0.05) is 17.7 Å². The molecule has 0 unspecified atom stereocenters. The lowest BCUT2D eigenvalue weighted by atomic mass is 10.2. The molecule has 0 saturated carbocycles. The molecular formula is C19H19ClN2O4. The van der Waals surface area contributed by atoms with Crippen LogP contribution in [0.2, 0.25) is 5.02 Å². The van der Waals surface area contributed by atoms with Crippen LogP contribution in [0.3, 0.4) is 0 Å². The number of nitrogens with zero attached hydrogens (tertiary/aromatic N) is 2. The van der Waals surface area contributed by atoms with Crippen molar-refractivity contribution < 1.29 is 18.7 Å². The van der Waals surface area contributed by atoms with Crippen LogP contribution in [0.15, 0.2) is 53.2 Å². The van der Waals surface area contributed by atoms with E-state index < -0.39 is 5.97 Å². The maximum absolute atomic E-state index is 12.2. The number of anilines is 1. The highest BCUT2D eigenvalue weighted by atomic mass is 35.5. The lowest BCUT2D eigenvalue weighted by Gasteiger charge is -2.36. The Labute approximate surface area is 156 Å². The van der Waals surface area contributed by atoms with Gasteiger partial charge in [0, 0.05) is 43.0 Å². The molecule has 0 atom stereocenters. The van der Waals surface area contributed by atoms with E-state index in [-0.39, 0.29) is 12.5 Å². The van der Waals surface area contributed by atoms with Crippen molar-refractivity contribution in [3.63, 3.8) is 0 Å². The molecule has 6 nitrogen and oxygen atoms in total. The van der Waals surface area contributed by atoms with Gasteiger partial charge in [0.05, 0.1) is 6.26 Å². The van der Waals surface area contributed by atoms with Gasteiger partial charge >= 0.3 is 5.97 Å². The van der Waals surface area contributed by atoms with Crippen molar-refractivity contribution >= 4 is 35.2 Å². The van der Waals surface area contributed by atoms with Gasteiger partial charge in [-0.3, -0.25) is 4.79 Å². The molecule has 1 aromatic heterocycles. The summed E-state index contributed by atoms with van der Waals surface area (Å²) in [5, 5.41) is 0.690. The van der Waals surface area contributed by atoms with E-state index in [9.17, 15) is 9.59 Å². The number of halogens is 1. The summed E-state index contributed by atoms with van der Waals surface area (Å²) in [6.07, 6.45) is 4.25. The number of rotatable bonds is 5. The van der Waals surface area contributed by atoms with Gasteiger partial charge in [0.15, 0.2) is 6.61 Å². The molecule has 0 spiro atoms. The van der Waals surface area contributed by atoms with Crippen LogP contribution in [0, 0.1) is 0 Å². The van der Waals surface area contributed by atoms with E-state index in [0.717, 1.165) is 5.69 Å². The Balaban J connectivity index is 1.43. The Morgan fingerprint density at radius 3 is 2.65 bits per heavy atom. The topological polar surface area (TPSA) is 63.0 Å². The van der Waals surface area contributed by atoms with Crippen LogP contribution >= 0.6 is 11.6 Å². The largest absolute Gasteiger partial charge is 0.465 e. The van der Waals surface area contributed by atoms with E-state index in [4.69, 9.17) is 20.8 Å². The van der Waals surface area contributed by atoms with Crippen molar-refractivity contribution in [2.45, 2.75) is 0 Å². The van der Waals surface area contributed by atoms with Gasteiger partial charge in [0.2, 0.25) is 0 Å². The normalized spacial score (nSPS) is 14.7. The molecule has 3 rings (SSSR count). The molecule has 7 heteroatoms. The zero-order valence-corrected chi connectivity index (χ0v) is 14.9. The standard InChI is InChI=1S/C19H19ClN2O4/c20-15-3-1-4-16(13-15)21-8-10-22(11-9-21)18(23)14-26-19(24)7-6-17-5-2-12-25-17/h1-7,12-13H,8-11,14H2/b7-6+. The van der Waals surface area contributed by atoms with Crippen molar-refractivity contribution in [1.82, 2.24) is 4.90 Å². The minimum Gasteiger partial charge on any atom is -0.465 e. The lowest BCUT2D eigenvalue weighted by molar-refractivity contribution is -0.148. The number of furan rings is 1. The van der Waals surface area contributed by atoms with Crippen molar-refractivity contribution in [1.29, 1.82) is 0 Å². The van der Waals surface area contributed by atoms with Crippen molar-refractivity contribution in [2.75, 3.05) is 37.7 Å². The molecule has 2 aromatic rings. The SMILES string of the molecule is O=C(/C=C/c1ccco1)OCC(=O)N1CCN(c2cccc(Cl)c2)CC1. The summed E-state index contributed by atoms with van der Waals surface area (Å²) >= 11 is 6.02. The molecule has 26 heavy (non-hydrogen) atoms. The Kier molecular flexibility index (Phi) is 5.96. The third-order valence-corrected chi connectivity index (χ3v) is 4.31. The maximum atomic E-state index is 12.2. The Morgan fingerprint density at radius 1 is 1.15 bits per heavy atom. The predicted octanol–water partition coefficient (Wildman–Crippen LogP) is 2.84. The molecule has 2 heterocycles. The van der Waals surface area contributed by atoms with Crippen LogP contribution in [0.4, 0.5) is 5.69 Å². The highest BCUT2D eigenvalue weighted by molar-refractivity contribution is 6.30. The first-order valence-electron chi connectivity index (χ1n) is 8.28. The lowest BCUT2D eigenvalue weighted by Crippen LogP contribution is -2.49. The molecule has 0 bridgehead atoms. The van der Waals surface area contributed by atoms with E-state index >= 15 is 0 Å². The van der Waals surface area contributed by atoms with E-state index in [0.29, 0.717) is 37.0 Å². The molecule has 1 aliphatic rings. The zero-order chi connectivity index (χ0) is 18.4. The van der Waals surface area contributed by atoms with Gasteiger partial charge in [-0.15, -0.1) is 0 Å². The third-order valence-electron chi connectivity index (χ3n) is 4.07. The molecule has 1 aliphatic heterocycles. The Morgan fingerprint density at radius 2 is 1.96 bits per heavy atom. The fourth-order valence-electron chi connectivity index (χ4n) is 2.70. The van der Waals surface area contributed by atoms with E-state index in [1.54, 1.807) is 17.0 Å². The number of carbonyl (C=O) groups excluding carboxylic acids is 2. The summed E-state index contributed by atoms with van der Waals surface area (Å²) < 4.78 is 10.1. The van der Waals surface area contributed by atoms with Crippen molar-refractivity contribution in [2.24, 2.45) is 0 Å². The van der Waals surface area contributed by atoms with Crippen LogP contribution < -0.4 is 4.90 Å². The summed E-state index contributed by atoms with van der Waals surface area (Å²) in [5.74, 6) is -0.229. The monoisotopic (exact) mass is 374 g/mol. The average Bonchev–Trinajstić information content (AvgIpc) is 3.18. The molecule has 0 radical (unpaired) electrons. The number of esters is 1. The van der Waals surface area contributed by atoms with Crippen LogP contribution in [0.1, 0.15) is 5.76 Å². The number of hydrogen-bond donors (Lipinski definition) is 0. The quantitative estimate of drug-likeness (QED) is 0.595. The minimum absolute atomic E-state index is 0.199. The highest BCUT2D eigenvalue weighted by Gasteiger charge is 2.22. The summed E-state index contributed by atoms with van der Waals surface area (Å²) in [7, 11) is 0. The van der Waals surface area contributed by atoms with Crippen LogP contribution in [-0.4, -0.2) is 49.6 Å². The Bertz CT molecular complexity index is 781. The first-order valence-corrected chi connectivity index (χ1v) is 8.66. The third kappa shape index (κ3) is 4.89. The first kappa shape index (κ1) is 18.1. The maximum Gasteiger partial charge on any atom is 0.331 e. The number of carbonyl (C=O) groups is 2.